The summed E-state index contributed by atoms with van der Waals surface area (Å²) in [5.74, 6) is -0.722. The van der Waals surface area contributed by atoms with Gasteiger partial charge in [-0.3, -0.25) is 9.00 Å². The highest BCUT2D eigenvalue weighted by Gasteiger charge is 2.26. The van der Waals surface area contributed by atoms with Crippen molar-refractivity contribution in [1.29, 1.82) is 0 Å². The highest BCUT2D eigenvalue weighted by Crippen LogP contribution is 2.44. The molecule has 158 valence electrons. The molecule has 6 heteroatoms. The van der Waals surface area contributed by atoms with E-state index in [-0.39, 0.29) is 31.4 Å². The van der Waals surface area contributed by atoms with E-state index in [1.807, 2.05) is 37.3 Å². The summed E-state index contributed by atoms with van der Waals surface area (Å²) in [4.78, 5) is 13.1. The van der Waals surface area contributed by atoms with E-state index in [1.54, 1.807) is 12.3 Å². The molecule has 0 bridgehead atoms. The zero-order chi connectivity index (χ0) is 21.7. The van der Waals surface area contributed by atoms with E-state index in [0.29, 0.717) is 18.4 Å². The van der Waals surface area contributed by atoms with Gasteiger partial charge in [-0.2, -0.15) is 0 Å². The molecule has 2 aromatic rings. The summed E-state index contributed by atoms with van der Waals surface area (Å²) in [6, 6.07) is 12.0. The number of carbonyl (C=O) groups is 1. The number of unbranched alkanes of at least 4 members (excludes halogenated alkanes) is 1. The molecule has 0 radical (unpaired) electrons. The van der Waals surface area contributed by atoms with Crippen LogP contribution < -0.4 is 0 Å². The maximum absolute atomic E-state index is 14.0. The molecule has 1 unspecified atom stereocenters. The van der Waals surface area contributed by atoms with Gasteiger partial charge in [0.25, 0.3) is 0 Å². The highest BCUT2D eigenvalue weighted by molar-refractivity contribution is 7.84. The largest absolute Gasteiger partial charge is 0.465 e. The number of rotatable bonds is 8. The molecule has 1 N–H and O–H groups in total. The lowest BCUT2D eigenvalue weighted by atomic mass is 10.0. The number of halogens is 1. The van der Waals surface area contributed by atoms with Crippen molar-refractivity contribution in [2.75, 3.05) is 19.5 Å². The number of hydrogen-bond acceptors (Lipinski definition) is 4. The Balaban J connectivity index is 1.90. The molecular weight excluding hydrogens is 403 g/mol. The number of allylic oxidation sites excluding steroid dienone is 2. The molecule has 0 fully saturated rings. The third kappa shape index (κ3) is 5.12. The summed E-state index contributed by atoms with van der Waals surface area (Å²) in [7, 11) is -1.04. The number of fused-ring (bicyclic) bond motifs is 1. The molecule has 0 heterocycles. The van der Waals surface area contributed by atoms with Crippen LogP contribution in [-0.4, -0.2) is 34.8 Å². The molecule has 0 saturated heterocycles. The van der Waals surface area contributed by atoms with E-state index < -0.39 is 10.8 Å². The topological polar surface area (TPSA) is 63.6 Å². The van der Waals surface area contributed by atoms with E-state index in [9.17, 15) is 13.4 Å². The van der Waals surface area contributed by atoms with Crippen LogP contribution >= 0.6 is 0 Å². The van der Waals surface area contributed by atoms with E-state index in [4.69, 9.17) is 9.84 Å². The van der Waals surface area contributed by atoms with Gasteiger partial charge in [0.05, 0.1) is 13.0 Å². The minimum atomic E-state index is -1.04. The first kappa shape index (κ1) is 22.1. The summed E-state index contributed by atoms with van der Waals surface area (Å²) in [6.45, 7) is 2.25. The molecular formula is C24H25FO4S. The first-order valence-corrected chi connectivity index (χ1v) is 11.4. The third-order valence-electron chi connectivity index (χ3n) is 5.11. The van der Waals surface area contributed by atoms with E-state index in [2.05, 4.69) is 0 Å². The Bertz CT molecular complexity index is 1020. The van der Waals surface area contributed by atoms with Crippen molar-refractivity contribution in [3.05, 3.63) is 70.5 Å². The standard InChI is InChI=1S/C24H25FO4S/c1-16-21(13-17-5-8-19(9-6-17)30(2)28)20-10-7-18(25)14-23(20)22(16)15-24(27)29-12-4-3-11-26/h5-10,13-14,26H,3-4,11-12,15H2,1-2H3/b21-13-. The Kier molecular flexibility index (Phi) is 7.34. The summed E-state index contributed by atoms with van der Waals surface area (Å²) in [5.41, 5.74) is 5.11. The van der Waals surface area contributed by atoms with Crippen molar-refractivity contribution in [2.24, 2.45) is 0 Å². The molecule has 0 saturated carbocycles. The Hall–Kier alpha value is -2.57. The van der Waals surface area contributed by atoms with Crippen LogP contribution in [0.5, 0.6) is 0 Å². The van der Waals surface area contributed by atoms with Crippen LogP contribution in [-0.2, 0) is 20.3 Å². The lowest BCUT2D eigenvalue weighted by Gasteiger charge is -2.07. The van der Waals surface area contributed by atoms with Crippen LogP contribution in [0.4, 0.5) is 4.39 Å². The highest BCUT2D eigenvalue weighted by atomic mass is 32.2. The number of ether oxygens (including phenoxy) is 1. The summed E-state index contributed by atoms with van der Waals surface area (Å²) < 4.78 is 30.8. The fraction of sp³-hybridized carbons (Fsp3) is 0.292. The zero-order valence-electron chi connectivity index (χ0n) is 17.1. The second kappa shape index (κ2) is 9.96. The summed E-state index contributed by atoms with van der Waals surface area (Å²) in [6.07, 6.45) is 4.88. The number of aliphatic hydroxyl groups excluding tert-OH is 1. The normalized spacial score (nSPS) is 15.4. The van der Waals surface area contributed by atoms with Crippen LogP contribution in [0.25, 0.3) is 17.2 Å². The molecule has 1 aliphatic carbocycles. The van der Waals surface area contributed by atoms with Crippen molar-refractivity contribution >= 4 is 34.0 Å². The molecule has 3 rings (SSSR count). The lowest BCUT2D eigenvalue weighted by Crippen LogP contribution is -2.07. The van der Waals surface area contributed by atoms with Gasteiger partial charge >= 0.3 is 5.97 Å². The van der Waals surface area contributed by atoms with Gasteiger partial charge in [-0.1, -0.05) is 18.2 Å². The molecule has 0 aromatic heterocycles. The second-order valence-corrected chi connectivity index (χ2v) is 8.58. The molecule has 2 aromatic carbocycles. The van der Waals surface area contributed by atoms with Crippen LogP contribution in [0.3, 0.4) is 0 Å². The SMILES string of the molecule is CC1=C(CC(=O)OCCCCO)c2cc(F)ccc2/C1=C\c1ccc(S(C)=O)cc1. The van der Waals surface area contributed by atoms with Gasteiger partial charge in [0.15, 0.2) is 0 Å². The quantitative estimate of drug-likeness (QED) is 0.493. The monoisotopic (exact) mass is 428 g/mol. The number of aliphatic hydroxyl groups is 1. The molecule has 1 atom stereocenters. The van der Waals surface area contributed by atoms with Crippen LogP contribution in [0, 0.1) is 5.82 Å². The molecule has 0 spiro atoms. The Morgan fingerprint density at radius 1 is 1.13 bits per heavy atom. The number of carbonyl (C=O) groups excluding carboxylic acids is 1. The smallest absolute Gasteiger partial charge is 0.310 e. The van der Waals surface area contributed by atoms with Gasteiger partial charge in [-0.15, -0.1) is 0 Å². The fourth-order valence-corrected chi connectivity index (χ4v) is 4.02. The van der Waals surface area contributed by atoms with Crippen molar-refractivity contribution < 1.29 is 23.2 Å². The number of esters is 1. The molecule has 4 nitrogen and oxygen atoms in total. The number of hydrogen-bond donors (Lipinski definition) is 1. The van der Waals surface area contributed by atoms with E-state index in [1.165, 1.54) is 12.1 Å². The van der Waals surface area contributed by atoms with Gasteiger partial charge in [-0.25, -0.2) is 4.39 Å². The van der Waals surface area contributed by atoms with Crippen LogP contribution in [0.1, 0.15) is 42.9 Å². The fourth-order valence-electron chi connectivity index (χ4n) is 3.50. The molecule has 0 amide bonds. The van der Waals surface area contributed by atoms with Gasteiger partial charge in [-0.05, 0) is 83.5 Å². The predicted octanol–water partition coefficient (Wildman–Crippen LogP) is 4.60. The first-order valence-electron chi connectivity index (χ1n) is 9.83. The van der Waals surface area contributed by atoms with Crippen LogP contribution in [0.2, 0.25) is 0 Å². The van der Waals surface area contributed by atoms with E-state index in [0.717, 1.165) is 32.7 Å². The Morgan fingerprint density at radius 2 is 1.87 bits per heavy atom. The van der Waals surface area contributed by atoms with Crippen molar-refractivity contribution in [1.82, 2.24) is 0 Å². The zero-order valence-corrected chi connectivity index (χ0v) is 17.9. The molecule has 1 aliphatic rings. The average molecular weight is 429 g/mol. The Morgan fingerprint density at radius 3 is 2.53 bits per heavy atom. The summed E-state index contributed by atoms with van der Waals surface area (Å²) in [5, 5.41) is 8.82. The van der Waals surface area contributed by atoms with Crippen molar-refractivity contribution in [3.8, 4) is 0 Å². The van der Waals surface area contributed by atoms with Crippen molar-refractivity contribution in [2.45, 2.75) is 31.1 Å². The van der Waals surface area contributed by atoms with Gasteiger partial charge in [0.2, 0.25) is 0 Å². The minimum Gasteiger partial charge on any atom is -0.465 e. The second-order valence-electron chi connectivity index (χ2n) is 7.20. The molecule has 0 aliphatic heterocycles. The Labute approximate surface area is 178 Å². The van der Waals surface area contributed by atoms with Crippen molar-refractivity contribution in [3.63, 3.8) is 0 Å². The van der Waals surface area contributed by atoms with Gasteiger partial charge in [0, 0.05) is 28.6 Å². The predicted molar refractivity (Wildman–Crippen MR) is 118 cm³/mol. The average Bonchev–Trinajstić information content (AvgIpc) is 2.97. The minimum absolute atomic E-state index is 0.0620. The van der Waals surface area contributed by atoms with Gasteiger partial charge in [0.1, 0.15) is 5.82 Å². The van der Waals surface area contributed by atoms with E-state index >= 15 is 0 Å². The number of benzene rings is 2. The van der Waals surface area contributed by atoms with Gasteiger partial charge < -0.3 is 9.84 Å². The van der Waals surface area contributed by atoms with Crippen LogP contribution in [0.15, 0.2) is 52.9 Å². The molecule has 30 heavy (non-hydrogen) atoms. The third-order valence-corrected chi connectivity index (χ3v) is 6.05. The summed E-state index contributed by atoms with van der Waals surface area (Å²) >= 11 is 0. The first-order chi connectivity index (χ1) is 14.4. The lowest BCUT2D eigenvalue weighted by molar-refractivity contribution is -0.142. The maximum Gasteiger partial charge on any atom is 0.310 e. The maximum atomic E-state index is 14.0.